The zero-order chi connectivity index (χ0) is 30.5. The highest BCUT2D eigenvalue weighted by Crippen LogP contribution is 2.26. The van der Waals surface area contributed by atoms with E-state index in [1.165, 1.54) is 16.7 Å². The monoisotopic (exact) mass is 593 g/mol. The molecule has 43 heavy (non-hydrogen) atoms. The van der Waals surface area contributed by atoms with E-state index in [4.69, 9.17) is 0 Å². The third-order valence-electron chi connectivity index (χ3n) is 8.96. The minimum absolute atomic E-state index is 0.351. The molecular formula is C38H45N2O2S+. The zero-order valence-corrected chi connectivity index (χ0v) is 26.9. The van der Waals surface area contributed by atoms with Crippen LogP contribution in [0.15, 0.2) is 108 Å². The lowest BCUT2D eigenvalue weighted by Crippen LogP contribution is -2.47. The SMILES string of the molecule is CC[N+](CC)(CCCCN(Cc1ccc2ccccc2c1)S(=O)(=O)c1ccc2ccccc2c1)Cc1cc(C)cc(C)c1. The van der Waals surface area contributed by atoms with E-state index in [1.807, 2.05) is 48.5 Å². The van der Waals surface area contributed by atoms with Crippen molar-refractivity contribution in [3.63, 3.8) is 0 Å². The van der Waals surface area contributed by atoms with Crippen molar-refractivity contribution >= 4 is 31.6 Å². The van der Waals surface area contributed by atoms with Crippen LogP contribution in [0.5, 0.6) is 0 Å². The van der Waals surface area contributed by atoms with Crippen LogP contribution >= 0.6 is 0 Å². The first-order chi connectivity index (χ1) is 20.7. The van der Waals surface area contributed by atoms with Crippen molar-refractivity contribution in [1.29, 1.82) is 0 Å². The first-order valence-corrected chi connectivity index (χ1v) is 17.0. The maximum Gasteiger partial charge on any atom is 0.243 e. The van der Waals surface area contributed by atoms with E-state index in [-0.39, 0.29) is 0 Å². The minimum Gasteiger partial charge on any atom is -0.320 e. The van der Waals surface area contributed by atoms with E-state index in [0.717, 1.165) is 70.6 Å². The van der Waals surface area contributed by atoms with Crippen LogP contribution in [0.3, 0.4) is 0 Å². The smallest absolute Gasteiger partial charge is 0.243 e. The van der Waals surface area contributed by atoms with Crippen molar-refractivity contribution in [2.45, 2.75) is 58.5 Å². The van der Waals surface area contributed by atoms with Crippen molar-refractivity contribution in [3.05, 3.63) is 125 Å². The molecule has 0 amide bonds. The molecule has 5 aromatic carbocycles. The molecule has 0 aliphatic heterocycles. The zero-order valence-electron chi connectivity index (χ0n) is 26.1. The van der Waals surface area contributed by atoms with Gasteiger partial charge in [0.1, 0.15) is 6.54 Å². The molecule has 4 nitrogen and oxygen atoms in total. The maximum absolute atomic E-state index is 14.2. The molecule has 0 radical (unpaired) electrons. The molecule has 0 heterocycles. The Balaban J connectivity index is 1.36. The Morgan fingerprint density at radius 1 is 0.628 bits per heavy atom. The van der Waals surface area contributed by atoms with E-state index >= 15 is 0 Å². The number of unbranched alkanes of at least 4 members (excludes halogenated alkanes) is 1. The van der Waals surface area contributed by atoms with E-state index in [2.05, 4.69) is 76.2 Å². The second-order valence-electron chi connectivity index (χ2n) is 12.1. The van der Waals surface area contributed by atoms with Gasteiger partial charge in [0.05, 0.1) is 24.5 Å². The van der Waals surface area contributed by atoms with Crippen molar-refractivity contribution in [2.24, 2.45) is 0 Å². The van der Waals surface area contributed by atoms with Gasteiger partial charge in [-0.3, -0.25) is 0 Å². The highest BCUT2D eigenvalue weighted by molar-refractivity contribution is 7.89. The third kappa shape index (κ3) is 7.35. The number of rotatable bonds is 13. The summed E-state index contributed by atoms with van der Waals surface area (Å²) in [5.41, 5.74) is 5.01. The molecule has 5 rings (SSSR count). The number of hydrogen-bond acceptors (Lipinski definition) is 2. The molecule has 0 spiro atoms. The van der Waals surface area contributed by atoms with E-state index < -0.39 is 10.0 Å². The van der Waals surface area contributed by atoms with Gasteiger partial charge in [0.25, 0.3) is 0 Å². The molecule has 0 aliphatic carbocycles. The fourth-order valence-electron chi connectivity index (χ4n) is 6.43. The van der Waals surface area contributed by atoms with Gasteiger partial charge in [-0.25, -0.2) is 8.42 Å². The molecule has 0 unspecified atom stereocenters. The van der Waals surface area contributed by atoms with Gasteiger partial charge in [0.15, 0.2) is 0 Å². The summed E-state index contributed by atoms with van der Waals surface area (Å²) in [5.74, 6) is 0. The number of nitrogens with zero attached hydrogens (tertiary/aromatic N) is 2. The first kappa shape index (κ1) is 30.9. The van der Waals surface area contributed by atoms with Crippen LogP contribution in [0.2, 0.25) is 0 Å². The van der Waals surface area contributed by atoms with Crippen LogP contribution in [-0.4, -0.2) is 43.4 Å². The van der Waals surface area contributed by atoms with Crippen LogP contribution in [0.1, 0.15) is 48.9 Å². The highest BCUT2D eigenvalue weighted by Gasteiger charge is 2.27. The normalized spacial score (nSPS) is 12.4. The van der Waals surface area contributed by atoms with E-state index in [0.29, 0.717) is 18.0 Å². The Morgan fingerprint density at radius 3 is 1.84 bits per heavy atom. The quantitative estimate of drug-likeness (QED) is 0.101. The summed E-state index contributed by atoms with van der Waals surface area (Å²) in [5, 5.41) is 4.27. The highest BCUT2D eigenvalue weighted by atomic mass is 32.2. The van der Waals surface area contributed by atoms with Gasteiger partial charge < -0.3 is 4.48 Å². The fraction of sp³-hybridized carbons (Fsp3) is 0.316. The fourth-order valence-corrected chi connectivity index (χ4v) is 7.93. The van der Waals surface area contributed by atoms with Crippen LogP contribution in [0.25, 0.3) is 21.5 Å². The van der Waals surface area contributed by atoms with Gasteiger partial charge in [0, 0.05) is 18.7 Å². The van der Waals surface area contributed by atoms with E-state index in [9.17, 15) is 8.42 Å². The summed E-state index contributed by atoms with van der Waals surface area (Å²) in [7, 11) is -3.70. The van der Waals surface area contributed by atoms with Gasteiger partial charge in [-0.15, -0.1) is 0 Å². The number of hydrogen-bond donors (Lipinski definition) is 0. The molecule has 5 aromatic rings. The average Bonchev–Trinajstić information content (AvgIpc) is 3.01. The lowest BCUT2D eigenvalue weighted by Gasteiger charge is -2.37. The van der Waals surface area contributed by atoms with Gasteiger partial charge >= 0.3 is 0 Å². The summed E-state index contributed by atoms with van der Waals surface area (Å²) in [6.07, 6.45) is 1.78. The van der Waals surface area contributed by atoms with Gasteiger partial charge in [-0.1, -0.05) is 96.1 Å². The standard InChI is InChI=1S/C38H45N2O2S/c1-5-40(6-2,29-33-24-30(3)23-31(4)25-33)22-12-11-21-39(28-32-17-18-34-13-7-9-15-36(34)26-32)43(41,42)38-20-19-35-14-8-10-16-37(35)27-38/h7-10,13-20,23-27H,5-6,11-12,21-22,28-29H2,1-4H3/q+1. The van der Waals surface area contributed by atoms with Crippen LogP contribution in [-0.2, 0) is 23.1 Å². The molecule has 0 atom stereocenters. The number of fused-ring (bicyclic) bond motifs is 2. The van der Waals surface area contributed by atoms with Crippen molar-refractivity contribution in [1.82, 2.24) is 4.31 Å². The van der Waals surface area contributed by atoms with Crippen molar-refractivity contribution in [2.75, 3.05) is 26.2 Å². The summed E-state index contributed by atoms with van der Waals surface area (Å²) >= 11 is 0. The number of sulfonamides is 1. The Hall–Kier alpha value is -3.51. The second-order valence-corrected chi connectivity index (χ2v) is 14.0. The summed E-state index contributed by atoms with van der Waals surface area (Å²) < 4.78 is 31.0. The summed E-state index contributed by atoms with van der Waals surface area (Å²) in [4.78, 5) is 0.356. The largest absolute Gasteiger partial charge is 0.320 e. The van der Waals surface area contributed by atoms with Crippen LogP contribution in [0, 0.1) is 13.8 Å². The topological polar surface area (TPSA) is 37.4 Å². The minimum atomic E-state index is -3.70. The first-order valence-electron chi connectivity index (χ1n) is 15.6. The third-order valence-corrected chi connectivity index (χ3v) is 10.8. The van der Waals surface area contributed by atoms with Crippen molar-refractivity contribution in [3.8, 4) is 0 Å². The predicted molar refractivity (Wildman–Crippen MR) is 181 cm³/mol. The summed E-state index contributed by atoms with van der Waals surface area (Å²) in [6.45, 7) is 13.9. The second kappa shape index (κ2) is 13.4. The molecule has 0 fully saturated rings. The maximum atomic E-state index is 14.2. The lowest BCUT2D eigenvalue weighted by molar-refractivity contribution is -0.938. The lowest BCUT2D eigenvalue weighted by atomic mass is 10.1. The average molecular weight is 594 g/mol. The molecule has 0 aliphatic rings. The van der Waals surface area contributed by atoms with E-state index in [1.54, 1.807) is 10.4 Å². The van der Waals surface area contributed by atoms with Gasteiger partial charge in [-0.05, 0) is 85.8 Å². The molecule has 0 saturated heterocycles. The Morgan fingerprint density at radius 2 is 1.21 bits per heavy atom. The predicted octanol–water partition coefficient (Wildman–Crippen LogP) is 8.64. The van der Waals surface area contributed by atoms with Crippen LogP contribution in [0.4, 0.5) is 0 Å². The molecular weight excluding hydrogens is 548 g/mol. The molecule has 0 aromatic heterocycles. The number of quaternary nitrogens is 1. The van der Waals surface area contributed by atoms with Crippen molar-refractivity contribution < 1.29 is 12.9 Å². The Labute approximate surface area is 258 Å². The Bertz CT molecular complexity index is 1790. The Kier molecular flexibility index (Phi) is 9.65. The van der Waals surface area contributed by atoms with Gasteiger partial charge in [0.2, 0.25) is 10.0 Å². The molecule has 224 valence electrons. The number of benzene rings is 5. The van der Waals surface area contributed by atoms with Gasteiger partial charge in [-0.2, -0.15) is 4.31 Å². The molecule has 5 heteroatoms. The van der Waals surface area contributed by atoms with Crippen LogP contribution < -0.4 is 0 Å². The summed E-state index contributed by atoms with van der Waals surface area (Å²) in [6, 6.07) is 34.8. The molecule has 0 saturated carbocycles. The molecule has 0 N–H and O–H groups in total. The number of aryl methyl sites for hydroxylation is 2. The molecule has 0 bridgehead atoms.